The maximum Gasteiger partial charge on any atom is 0.416 e. The van der Waals surface area contributed by atoms with E-state index < -0.39 is 23.3 Å². The summed E-state index contributed by atoms with van der Waals surface area (Å²) in [6.45, 7) is 3.81. The van der Waals surface area contributed by atoms with Crippen LogP contribution in [0.2, 0.25) is 0 Å². The van der Waals surface area contributed by atoms with Gasteiger partial charge in [-0.3, -0.25) is 0 Å². The summed E-state index contributed by atoms with van der Waals surface area (Å²) in [5, 5.41) is 0. The zero-order valence-electron chi connectivity index (χ0n) is 11.8. The number of hydrogen-bond acceptors (Lipinski definition) is 2. The Hall–Kier alpha value is -1.07. The molecule has 0 amide bonds. The predicted molar refractivity (Wildman–Crippen MR) is 70.8 cm³/mol. The molecule has 0 saturated carbocycles. The van der Waals surface area contributed by atoms with Crippen molar-refractivity contribution in [3.63, 3.8) is 0 Å². The summed E-state index contributed by atoms with van der Waals surface area (Å²) in [6, 6.07) is 4.82. The van der Waals surface area contributed by atoms with Crippen molar-refractivity contribution >= 4 is 0 Å². The van der Waals surface area contributed by atoms with Crippen molar-refractivity contribution in [3.8, 4) is 0 Å². The maximum absolute atomic E-state index is 13.0. The number of likely N-dealkylation sites (N-methyl/N-ethyl adjacent to an activating group) is 1. The number of halogens is 3. The van der Waals surface area contributed by atoms with E-state index in [4.69, 9.17) is 5.73 Å². The highest BCUT2D eigenvalue weighted by atomic mass is 19.4. The van der Waals surface area contributed by atoms with Gasteiger partial charge in [0.05, 0.1) is 5.56 Å². The minimum atomic E-state index is -4.38. The van der Waals surface area contributed by atoms with Crippen LogP contribution < -0.4 is 5.73 Å². The van der Waals surface area contributed by atoms with E-state index in [1.54, 1.807) is 6.07 Å². The van der Waals surface area contributed by atoms with Gasteiger partial charge < -0.3 is 10.6 Å². The third-order valence-corrected chi connectivity index (χ3v) is 4.01. The van der Waals surface area contributed by atoms with Crippen LogP contribution in [0, 0.1) is 0 Å². The Kier molecular flexibility index (Phi) is 4.63. The van der Waals surface area contributed by atoms with Crippen molar-refractivity contribution in [2.24, 2.45) is 5.73 Å². The number of benzene rings is 1. The van der Waals surface area contributed by atoms with Gasteiger partial charge in [0.2, 0.25) is 0 Å². The third kappa shape index (κ3) is 3.09. The molecule has 108 valence electrons. The Morgan fingerprint density at radius 2 is 1.74 bits per heavy atom. The van der Waals surface area contributed by atoms with Gasteiger partial charge in [-0.1, -0.05) is 25.1 Å². The molecule has 0 aliphatic carbocycles. The lowest BCUT2D eigenvalue weighted by Crippen LogP contribution is -2.49. The van der Waals surface area contributed by atoms with Crippen LogP contribution in [0.1, 0.15) is 37.4 Å². The Labute approximate surface area is 112 Å². The average Bonchev–Trinajstić information content (AvgIpc) is 2.35. The molecule has 0 bridgehead atoms. The van der Waals surface area contributed by atoms with Crippen LogP contribution in [0.25, 0.3) is 0 Å². The van der Waals surface area contributed by atoms with E-state index in [2.05, 4.69) is 0 Å². The molecule has 0 heterocycles. The first-order chi connectivity index (χ1) is 8.64. The van der Waals surface area contributed by atoms with Gasteiger partial charge in [-0.25, -0.2) is 0 Å². The van der Waals surface area contributed by atoms with E-state index in [0.717, 1.165) is 6.07 Å². The molecule has 0 aromatic heterocycles. The molecule has 1 rings (SSSR count). The summed E-state index contributed by atoms with van der Waals surface area (Å²) in [6.07, 6.45) is -3.72. The summed E-state index contributed by atoms with van der Waals surface area (Å²) in [4.78, 5) is 1.88. The first kappa shape index (κ1) is 16.0. The van der Waals surface area contributed by atoms with Crippen molar-refractivity contribution in [1.29, 1.82) is 0 Å². The second kappa shape index (κ2) is 5.51. The highest BCUT2D eigenvalue weighted by Crippen LogP contribution is 2.38. The smallest absolute Gasteiger partial charge is 0.322 e. The number of rotatable bonds is 4. The molecule has 0 aliphatic rings. The van der Waals surface area contributed by atoms with Crippen LogP contribution in [0.4, 0.5) is 13.2 Å². The van der Waals surface area contributed by atoms with E-state index in [1.807, 2.05) is 32.8 Å². The summed E-state index contributed by atoms with van der Waals surface area (Å²) >= 11 is 0. The molecule has 0 spiro atoms. The normalized spacial score (nSPS) is 17.3. The first-order valence-electron chi connectivity index (χ1n) is 6.23. The lowest BCUT2D eigenvalue weighted by Gasteiger charge is -2.41. The molecular weight excluding hydrogens is 253 g/mol. The molecule has 0 saturated heterocycles. The Bertz CT molecular complexity index is 429. The fraction of sp³-hybridized carbons (Fsp3) is 0.571. The van der Waals surface area contributed by atoms with Gasteiger partial charge in [0.25, 0.3) is 0 Å². The van der Waals surface area contributed by atoms with Crippen molar-refractivity contribution in [2.75, 3.05) is 14.1 Å². The predicted octanol–water partition coefficient (Wildman–Crippen LogP) is 3.44. The number of nitrogens with zero attached hydrogens (tertiary/aromatic N) is 1. The van der Waals surface area contributed by atoms with Gasteiger partial charge >= 0.3 is 6.18 Å². The minimum absolute atomic E-state index is 0.146. The molecule has 1 aromatic carbocycles. The van der Waals surface area contributed by atoms with E-state index >= 15 is 0 Å². The molecule has 2 nitrogen and oxygen atoms in total. The van der Waals surface area contributed by atoms with Crippen LogP contribution in [0.15, 0.2) is 24.3 Å². The van der Waals surface area contributed by atoms with Gasteiger partial charge in [-0.15, -0.1) is 0 Å². The molecule has 5 heteroatoms. The van der Waals surface area contributed by atoms with Crippen LogP contribution in [-0.4, -0.2) is 24.5 Å². The lowest BCUT2D eigenvalue weighted by atomic mass is 9.82. The molecule has 19 heavy (non-hydrogen) atoms. The summed E-state index contributed by atoms with van der Waals surface area (Å²) in [5.74, 6) is 0. The summed E-state index contributed by atoms with van der Waals surface area (Å²) in [5.41, 5.74) is 5.11. The number of nitrogens with two attached hydrogens (primary N) is 1. The monoisotopic (exact) mass is 274 g/mol. The molecular formula is C14H21F3N2. The molecule has 1 aromatic rings. The average molecular weight is 274 g/mol. The lowest BCUT2D eigenvalue weighted by molar-refractivity contribution is -0.138. The van der Waals surface area contributed by atoms with E-state index in [9.17, 15) is 13.2 Å². The largest absolute Gasteiger partial charge is 0.416 e. The molecule has 0 radical (unpaired) electrons. The number of alkyl halides is 3. The minimum Gasteiger partial charge on any atom is -0.322 e. The van der Waals surface area contributed by atoms with E-state index in [1.165, 1.54) is 12.1 Å². The van der Waals surface area contributed by atoms with Crippen molar-refractivity contribution in [2.45, 2.75) is 38.0 Å². The van der Waals surface area contributed by atoms with Crippen LogP contribution >= 0.6 is 0 Å². The summed E-state index contributed by atoms with van der Waals surface area (Å²) in [7, 11) is 3.67. The van der Waals surface area contributed by atoms with Crippen molar-refractivity contribution < 1.29 is 13.2 Å². The van der Waals surface area contributed by atoms with Gasteiger partial charge in [0, 0.05) is 11.6 Å². The van der Waals surface area contributed by atoms with Crippen molar-refractivity contribution in [3.05, 3.63) is 35.4 Å². The van der Waals surface area contributed by atoms with Gasteiger partial charge in [-0.05, 0) is 39.1 Å². The molecule has 0 fully saturated rings. The standard InChI is InChI=1S/C14H21F3N2/c1-5-13(2,19(3)4)12(18)10-8-6-7-9-11(10)14(15,16)17/h6-9,12H,5,18H2,1-4H3. The van der Waals surface area contributed by atoms with E-state index in [0.29, 0.717) is 6.42 Å². The van der Waals surface area contributed by atoms with Gasteiger partial charge in [0.1, 0.15) is 0 Å². The topological polar surface area (TPSA) is 29.3 Å². The van der Waals surface area contributed by atoms with E-state index in [-0.39, 0.29) is 5.56 Å². The van der Waals surface area contributed by atoms with Crippen LogP contribution in [-0.2, 0) is 6.18 Å². The third-order valence-electron chi connectivity index (χ3n) is 4.01. The molecule has 2 atom stereocenters. The highest BCUT2D eigenvalue weighted by Gasteiger charge is 2.40. The Balaban J connectivity index is 3.31. The molecule has 2 N–H and O–H groups in total. The Morgan fingerprint density at radius 3 is 2.16 bits per heavy atom. The zero-order chi connectivity index (χ0) is 14.8. The Morgan fingerprint density at radius 1 is 1.21 bits per heavy atom. The fourth-order valence-electron chi connectivity index (χ4n) is 2.18. The van der Waals surface area contributed by atoms with Crippen molar-refractivity contribution in [1.82, 2.24) is 4.90 Å². The fourth-order valence-corrected chi connectivity index (χ4v) is 2.18. The number of hydrogen-bond donors (Lipinski definition) is 1. The molecule has 2 unspecified atom stereocenters. The highest BCUT2D eigenvalue weighted by molar-refractivity contribution is 5.34. The summed E-state index contributed by atoms with van der Waals surface area (Å²) < 4.78 is 39.1. The zero-order valence-corrected chi connectivity index (χ0v) is 11.8. The second-order valence-electron chi connectivity index (χ2n) is 5.17. The SMILES string of the molecule is CCC(C)(C(N)c1ccccc1C(F)(F)F)N(C)C. The second-order valence-corrected chi connectivity index (χ2v) is 5.17. The maximum atomic E-state index is 13.0. The quantitative estimate of drug-likeness (QED) is 0.911. The van der Waals surface area contributed by atoms with Crippen LogP contribution in [0.5, 0.6) is 0 Å². The van der Waals surface area contributed by atoms with Crippen LogP contribution in [0.3, 0.4) is 0 Å². The van der Waals surface area contributed by atoms with Gasteiger partial charge in [-0.2, -0.15) is 13.2 Å². The van der Waals surface area contributed by atoms with Gasteiger partial charge in [0.15, 0.2) is 0 Å². The molecule has 0 aliphatic heterocycles. The first-order valence-corrected chi connectivity index (χ1v) is 6.23.